The van der Waals surface area contributed by atoms with Gasteiger partial charge in [0, 0.05) is 0 Å². The molecule has 4 heteroatoms. The van der Waals surface area contributed by atoms with E-state index in [0.29, 0.717) is 0 Å². The Bertz CT molecular complexity index is 375. The molecular weight excluding hydrogens is 196 g/mol. The largest absolute Gasteiger partial charge is 0.299 e. The van der Waals surface area contributed by atoms with E-state index in [1.165, 1.54) is 11.8 Å². The number of nitrogens with zero attached hydrogens (tertiary/aromatic N) is 1. The molecule has 3 nitrogen and oxygen atoms in total. The molecule has 0 saturated carbocycles. The molecule has 14 heavy (non-hydrogen) atoms. The Labute approximate surface area is 86.6 Å². The molecule has 0 radical (unpaired) electrons. The van der Waals surface area contributed by atoms with E-state index in [2.05, 4.69) is 10.5 Å². The van der Waals surface area contributed by atoms with Crippen molar-refractivity contribution >= 4 is 22.7 Å². The third-order valence-electron chi connectivity index (χ3n) is 2.01. The zero-order valence-electron chi connectivity index (χ0n) is 7.73. The molecule has 0 fully saturated rings. The minimum Gasteiger partial charge on any atom is -0.260 e. The van der Waals surface area contributed by atoms with Crippen molar-refractivity contribution in [3.8, 4) is 0 Å². The number of carbonyl (C=O) groups is 1. The predicted octanol–water partition coefficient (Wildman–Crippen LogP) is 2.24. The van der Waals surface area contributed by atoms with Gasteiger partial charge in [0.25, 0.3) is 5.24 Å². The minimum absolute atomic E-state index is 0.0859. The van der Waals surface area contributed by atoms with Crippen molar-refractivity contribution in [2.24, 2.45) is 5.10 Å². The standard InChI is InChI=1S/C10H10N2OS/c1-7-9(11-12-10(13)14-7)8-5-3-2-4-6-8/h2-7H,1H3,(H,12,13)/t7-/m1/s1. The van der Waals surface area contributed by atoms with Gasteiger partial charge >= 0.3 is 0 Å². The highest BCUT2D eigenvalue weighted by Gasteiger charge is 2.21. The lowest BCUT2D eigenvalue weighted by Crippen LogP contribution is -2.29. The highest BCUT2D eigenvalue weighted by Crippen LogP contribution is 2.20. The van der Waals surface area contributed by atoms with Gasteiger partial charge in [0.05, 0.1) is 11.0 Å². The number of carbonyl (C=O) groups excluding carboxylic acids is 1. The second-order valence-corrected chi connectivity index (χ2v) is 4.34. The molecule has 0 unspecified atom stereocenters. The maximum atomic E-state index is 11.0. The van der Waals surface area contributed by atoms with E-state index in [1.54, 1.807) is 0 Å². The molecule has 0 spiro atoms. The van der Waals surface area contributed by atoms with Crippen LogP contribution in [-0.2, 0) is 0 Å². The summed E-state index contributed by atoms with van der Waals surface area (Å²) in [6, 6.07) is 9.88. The number of thioether (sulfide) groups is 1. The first-order chi connectivity index (χ1) is 6.77. The van der Waals surface area contributed by atoms with Gasteiger partial charge in [-0.25, -0.2) is 5.43 Å². The Morgan fingerprint density at radius 1 is 1.36 bits per heavy atom. The number of hydrazone groups is 1. The average molecular weight is 206 g/mol. The quantitative estimate of drug-likeness (QED) is 0.765. The SMILES string of the molecule is C[C@H]1SC(=O)NN=C1c1ccccc1. The first kappa shape index (κ1) is 9.27. The summed E-state index contributed by atoms with van der Waals surface area (Å²) in [4.78, 5) is 11.0. The van der Waals surface area contributed by atoms with Crippen molar-refractivity contribution in [3.63, 3.8) is 0 Å². The number of amides is 1. The zero-order chi connectivity index (χ0) is 9.97. The predicted molar refractivity (Wildman–Crippen MR) is 58.6 cm³/mol. The summed E-state index contributed by atoms with van der Waals surface area (Å²) in [5.74, 6) is 0. The maximum absolute atomic E-state index is 11.0. The van der Waals surface area contributed by atoms with Crippen LogP contribution in [0.4, 0.5) is 4.79 Å². The lowest BCUT2D eigenvalue weighted by atomic mass is 10.1. The van der Waals surface area contributed by atoms with E-state index < -0.39 is 0 Å². The second-order valence-electron chi connectivity index (χ2n) is 3.02. The third kappa shape index (κ3) is 1.80. The molecule has 1 N–H and O–H groups in total. The fourth-order valence-corrected chi connectivity index (χ4v) is 2.07. The molecule has 1 aromatic carbocycles. The normalized spacial score (nSPS) is 21.4. The van der Waals surface area contributed by atoms with Gasteiger partial charge in [-0.3, -0.25) is 4.79 Å². The molecule has 1 aliphatic rings. The Morgan fingerprint density at radius 2 is 2.07 bits per heavy atom. The van der Waals surface area contributed by atoms with Gasteiger partial charge < -0.3 is 0 Å². The van der Waals surface area contributed by atoms with Crippen LogP contribution in [-0.4, -0.2) is 16.2 Å². The second kappa shape index (κ2) is 3.84. The molecule has 0 saturated heterocycles. The van der Waals surface area contributed by atoms with Crippen LogP contribution in [0.25, 0.3) is 0 Å². The van der Waals surface area contributed by atoms with E-state index in [-0.39, 0.29) is 10.5 Å². The van der Waals surface area contributed by atoms with E-state index in [4.69, 9.17) is 0 Å². The van der Waals surface area contributed by atoms with Crippen LogP contribution in [0.15, 0.2) is 35.4 Å². The monoisotopic (exact) mass is 206 g/mol. The molecule has 0 aliphatic carbocycles. The molecule has 0 bridgehead atoms. The van der Waals surface area contributed by atoms with Gasteiger partial charge in [0.2, 0.25) is 0 Å². The van der Waals surface area contributed by atoms with Crippen molar-refractivity contribution in [1.82, 2.24) is 5.43 Å². The summed E-state index contributed by atoms with van der Waals surface area (Å²) in [7, 11) is 0. The summed E-state index contributed by atoms with van der Waals surface area (Å²) >= 11 is 1.26. The number of hydrogen-bond donors (Lipinski definition) is 1. The Morgan fingerprint density at radius 3 is 2.71 bits per heavy atom. The number of rotatable bonds is 1. The Kier molecular flexibility index (Phi) is 2.54. The zero-order valence-corrected chi connectivity index (χ0v) is 8.54. The molecule has 1 amide bonds. The highest BCUT2D eigenvalue weighted by molar-refractivity contribution is 8.14. The average Bonchev–Trinajstić information content (AvgIpc) is 2.19. The number of hydrogen-bond acceptors (Lipinski definition) is 3. The van der Waals surface area contributed by atoms with E-state index >= 15 is 0 Å². The molecule has 1 aromatic rings. The summed E-state index contributed by atoms with van der Waals surface area (Å²) in [5.41, 5.74) is 4.46. The van der Waals surface area contributed by atoms with Crippen LogP contribution in [0.5, 0.6) is 0 Å². The molecule has 1 heterocycles. The van der Waals surface area contributed by atoms with Gasteiger partial charge in [0.15, 0.2) is 0 Å². The van der Waals surface area contributed by atoms with Crippen LogP contribution in [0, 0.1) is 0 Å². The minimum atomic E-state index is -0.0859. The molecule has 1 aliphatic heterocycles. The Hall–Kier alpha value is -1.29. The van der Waals surface area contributed by atoms with Crippen LogP contribution in [0.1, 0.15) is 12.5 Å². The van der Waals surface area contributed by atoms with Gasteiger partial charge in [-0.15, -0.1) is 0 Å². The van der Waals surface area contributed by atoms with Crippen LogP contribution < -0.4 is 5.43 Å². The third-order valence-corrected chi connectivity index (χ3v) is 2.89. The van der Waals surface area contributed by atoms with Crippen LogP contribution >= 0.6 is 11.8 Å². The maximum Gasteiger partial charge on any atom is 0.299 e. The van der Waals surface area contributed by atoms with Gasteiger partial charge in [0.1, 0.15) is 0 Å². The first-order valence-electron chi connectivity index (χ1n) is 4.37. The molecule has 0 aromatic heterocycles. The summed E-state index contributed by atoms with van der Waals surface area (Å²) in [5, 5.41) is 4.09. The van der Waals surface area contributed by atoms with Gasteiger partial charge in [-0.05, 0) is 12.5 Å². The fraction of sp³-hybridized carbons (Fsp3) is 0.200. The van der Waals surface area contributed by atoms with E-state index in [0.717, 1.165) is 11.3 Å². The summed E-state index contributed by atoms with van der Waals surface area (Å²) in [6.45, 7) is 1.98. The van der Waals surface area contributed by atoms with Crippen LogP contribution in [0.3, 0.4) is 0 Å². The summed E-state index contributed by atoms with van der Waals surface area (Å²) in [6.07, 6.45) is 0. The van der Waals surface area contributed by atoms with E-state index in [1.807, 2.05) is 37.3 Å². The van der Waals surface area contributed by atoms with Crippen molar-refractivity contribution in [2.45, 2.75) is 12.2 Å². The number of benzene rings is 1. The molecular formula is C10H10N2OS. The van der Waals surface area contributed by atoms with Gasteiger partial charge in [-0.2, -0.15) is 5.10 Å². The Balaban J connectivity index is 2.31. The van der Waals surface area contributed by atoms with Crippen molar-refractivity contribution in [2.75, 3.05) is 0 Å². The number of nitrogens with one attached hydrogen (secondary N) is 1. The van der Waals surface area contributed by atoms with Crippen molar-refractivity contribution in [1.29, 1.82) is 0 Å². The fourth-order valence-electron chi connectivity index (χ4n) is 1.35. The van der Waals surface area contributed by atoms with Crippen molar-refractivity contribution < 1.29 is 4.79 Å². The summed E-state index contributed by atoms with van der Waals surface area (Å²) < 4.78 is 0. The first-order valence-corrected chi connectivity index (χ1v) is 5.25. The lowest BCUT2D eigenvalue weighted by Gasteiger charge is -2.18. The molecule has 2 rings (SSSR count). The van der Waals surface area contributed by atoms with Gasteiger partial charge in [-0.1, -0.05) is 42.1 Å². The molecule has 72 valence electrons. The lowest BCUT2D eigenvalue weighted by molar-refractivity contribution is 0.261. The van der Waals surface area contributed by atoms with Crippen LogP contribution in [0.2, 0.25) is 0 Å². The highest BCUT2D eigenvalue weighted by atomic mass is 32.2. The van der Waals surface area contributed by atoms with E-state index in [9.17, 15) is 4.79 Å². The topological polar surface area (TPSA) is 41.5 Å². The molecule has 1 atom stereocenters. The van der Waals surface area contributed by atoms with Crippen molar-refractivity contribution in [3.05, 3.63) is 35.9 Å². The smallest absolute Gasteiger partial charge is 0.260 e.